The molecule has 36 heavy (non-hydrogen) atoms. The Morgan fingerprint density at radius 2 is 1.75 bits per heavy atom. The molecule has 1 aliphatic carbocycles. The predicted octanol–water partition coefficient (Wildman–Crippen LogP) is 2.96. The van der Waals surface area contributed by atoms with Crippen LogP contribution in [0.4, 0.5) is 4.39 Å². The van der Waals surface area contributed by atoms with Crippen LogP contribution in [0.25, 0.3) is 0 Å². The van der Waals surface area contributed by atoms with E-state index in [0.717, 1.165) is 37.8 Å². The summed E-state index contributed by atoms with van der Waals surface area (Å²) < 4.78 is 16.9. The van der Waals surface area contributed by atoms with E-state index in [1.807, 2.05) is 6.07 Å². The Morgan fingerprint density at radius 3 is 2.53 bits per heavy atom. The highest BCUT2D eigenvalue weighted by Gasteiger charge is 2.57. The summed E-state index contributed by atoms with van der Waals surface area (Å²) in [6.45, 7) is 1.49. The minimum atomic E-state index is -1.52. The Hall–Kier alpha value is -3.29. The number of nitrogens with zero attached hydrogens (tertiary/aromatic N) is 3. The molecule has 2 aromatic rings. The summed E-state index contributed by atoms with van der Waals surface area (Å²) in [5, 5.41) is 0. The number of carbonyl (C=O) groups excluding carboxylic acids is 3. The lowest BCUT2D eigenvalue weighted by molar-refractivity contribution is -0.145. The van der Waals surface area contributed by atoms with Gasteiger partial charge < -0.3 is 9.47 Å². The van der Waals surface area contributed by atoms with Gasteiger partial charge >= 0.3 is 0 Å². The monoisotopic (exact) mass is 491 g/mol. The summed E-state index contributed by atoms with van der Waals surface area (Å²) >= 11 is 0. The number of hydrogen-bond donors (Lipinski definition) is 0. The molecule has 1 unspecified atom stereocenters. The SMILES string of the molecule is O=C(CC1(c2ccccc2F)CC(=O)N(C2CCCC2)C1=O)N1C[C@H]2C[C@@H](C1)c1cccc(=O)n1C2. The fourth-order valence-corrected chi connectivity index (χ4v) is 7.06. The van der Waals surface area contributed by atoms with E-state index in [1.165, 1.54) is 11.0 Å². The van der Waals surface area contributed by atoms with E-state index in [1.54, 1.807) is 39.8 Å². The van der Waals surface area contributed by atoms with E-state index < -0.39 is 17.1 Å². The van der Waals surface area contributed by atoms with Crippen molar-refractivity contribution < 1.29 is 18.8 Å². The molecule has 2 saturated heterocycles. The van der Waals surface area contributed by atoms with Crippen LogP contribution in [-0.4, -0.2) is 51.2 Å². The molecule has 4 heterocycles. The van der Waals surface area contributed by atoms with E-state index in [0.29, 0.717) is 19.6 Å². The maximum atomic E-state index is 15.1. The van der Waals surface area contributed by atoms with Gasteiger partial charge in [0.05, 0.1) is 5.41 Å². The van der Waals surface area contributed by atoms with Crippen LogP contribution >= 0.6 is 0 Å². The standard InChI is InChI=1S/C28H30FN3O4/c29-22-9-4-3-8-21(22)28(14-26(35)32(27(28)36)20-6-1-2-7-20)13-25(34)30-15-18-12-19(17-30)23-10-5-11-24(33)31(23)16-18/h3-5,8-11,18-20H,1-2,6-7,12-17H2/t18-,19+,28?/m1/s1. The van der Waals surface area contributed by atoms with Crippen LogP contribution in [0.15, 0.2) is 47.3 Å². The third-order valence-corrected chi connectivity index (χ3v) is 8.71. The zero-order valence-electron chi connectivity index (χ0n) is 20.2. The van der Waals surface area contributed by atoms with Crippen molar-refractivity contribution in [3.05, 3.63) is 69.9 Å². The normalized spacial score (nSPS) is 28.0. The Kier molecular flexibility index (Phi) is 5.57. The molecule has 3 atom stereocenters. The molecule has 7 nitrogen and oxygen atoms in total. The largest absolute Gasteiger partial charge is 0.342 e. The lowest BCUT2D eigenvalue weighted by Crippen LogP contribution is -2.51. The number of piperidine rings is 1. The fraction of sp³-hybridized carbons (Fsp3) is 0.500. The number of rotatable bonds is 4. The minimum absolute atomic E-state index is 0.0254. The number of aromatic nitrogens is 1. The van der Waals surface area contributed by atoms with Crippen molar-refractivity contribution in [2.75, 3.05) is 13.1 Å². The van der Waals surface area contributed by atoms with Crippen LogP contribution in [0.1, 0.15) is 62.1 Å². The van der Waals surface area contributed by atoms with Crippen LogP contribution in [0, 0.1) is 11.7 Å². The second kappa shape index (κ2) is 8.68. The van der Waals surface area contributed by atoms with E-state index in [9.17, 15) is 19.2 Å². The van der Waals surface area contributed by atoms with E-state index in [-0.39, 0.29) is 53.7 Å². The number of likely N-dealkylation sites (tertiary alicyclic amines) is 2. The number of amides is 3. The molecule has 0 radical (unpaired) electrons. The molecule has 1 saturated carbocycles. The van der Waals surface area contributed by atoms with Crippen molar-refractivity contribution in [3.8, 4) is 0 Å². The number of benzene rings is 1. The smallest absolute Gasteiger partial charge is 0.250 e. The first-order valence-corrected chi connectivity index (χ1v) is 13.0. The number of hydrogen-bond acceptors (Lipinski definition) is 4. The molecule has 8 heteroatoms. The molecule has 6 rings (SSSR count). The van der Waals surface area contributed by atoms with Gasteiger partial charge in [0.2, 0.25) is 17.7 Å². The average Bonchev–Trinajstić information content (AvgIpc) is 3.46. The topological polar surface area (TPSA) is 79.7 Å². The summed E-state index contributed by atoms with van der Waals surface area (Å²) in [4.78, 5) is 56.3. The van der Waals surface area contributed by atoms with Crippen LogP contribution < -0.4 is 5.56 Å². The third kappa shape index (κ3) is 3.61. The van der Waals surface area contributed by atoms with Gasteiger partial charge in [-0.25, -0.2) is 4.39 Å². The summed E-state index contributed by atoms with van der Waals surface area (Å²) in [5.41, 5.74) is -0.489. The summed E-state index contributed by atoms with van der Waals surface area (Å²) in [7, 11) is 0. The molecular weight excluding hydrogens is 461 g/mol. The van der Waals surface area contributed by atoms with Crippen molar-refractivity contribution >= 4 is 17.7 Å². The quantitative estimate of drug-likeness (QED) is 0.616. The van der Waals surface area contributed by atoms with Crippen LogP contribution in [0.2, 0.25) is 0 Å². The van der Waals surface area contributed by atoms with Crippen molar-refractivity contribution in [1.82, 2.24) is 14.4 Å². The van der Waals surface area contributed by atoms with Crippen molar-refractivity contribution in [1.29, 1.82) is 0 Å². The summed E-state index contributed by atoms with van der Waals surface area (Å²) in [5.74, 6) is -1.38. The van der Waals surface area contributed by atoms with Gasteiger partial charge in [-0.3, -0.25) is 24.1 Å². The van der Waals surface area contributed by atoms with Gasteiger partial charge in [-0.05, 0) is 37.3 Å². The van der Waals surface area contributed by atoms with Crippen molar-refractivity contribution in [2.24, 2.45) is 5.92 Å². The third-order valence-electron chi connectivity index (χ3n) is 8.71. The molecule has 1 aromatic heterocycles. The highest BCUT2D eigenvalue weighted by atomic mass is 19.1. The first kappa shape index (κ1) is 23.1. The molecule has 1 aromatic carbocycles. The van der Waals surface area contributed by atoms with E-state index in [2.05, 4.69) is 0 Å². The summed E-state index contributed by atoms with van der Waals surface area (Å²) in [6, 6.07) is 11.1. The molecular formula is C28H30FN3O4. The number of imide groups is 1. The number of pyridine rings is 1. The number of fused-ring (bicyclic) bond motifs is 4. The van der Waals surface area contributed by atoms with Gasteiger partial charge in [-0.15, -0.1) is 0 Å². The molecule has 3 fully saturated rings. The molecule has 3 aliphatic heterocycles. The zero-order chi connectivity index (χ0) is 25.0. The van der Waals surface area contributed by atoms with Gasteiger partial charge in [0.25, 0.3) is 5.56 Å². The van der Waals surface area contributed by atoms with Crippen LogP contribution in [0.3, 0.4) is 0 Å². The Labute approximate surface area is 208 Å². The maximum Gasteiger partial charge on any atom is 0.250 e. The highest BCUT2D eigenvalue weighted by molar-refractivity contribution is 6.11. The molecule has 0 spiro atoms. The minimum Gasteiger partial charge on any atom is -0.342 e. The second-order valence-electron chi connectivity index (χ2n) is 10.9. The lowest BCUT2D eigenvalue weighted by atomic mass is 9.74. The Balaban J connectivity index is 1.32. The van der Waals surface area contributed by atoms with Gasteiger partial charge in [0, 0.05) is 61.8 Å². The van der Waals surface area contributed by atoms with Crippen LogP contribution in [-0.2, 0) is 26.3 Å². The molecule has 0 N–H and O–H groups in total. The maximum absolute atomic E-state index is 15.1. The van der Waals surface area contributed by atoms with Gasteiger partial charge in [-0.1, -0.05) is 37.1 Å². The van der Waals surface area contributed by atoms with Gasteiger partial charge in [0.1, 0.15) is 5.82 Å². The lowest BCUT2D eigenvalue weighted by Gasteiger charge is -2.43. The average molecular weight is 492 g/mol. The van der Waals surface area contributed by atoms with E-state index in [4.69, 9.17) is 0 Å². The molecule has 2 bridgehead atoms. The number of halogens is 1. The Bertz CT molecular complexity index is 1300. The molecule has 4 aliphatic rings. The second-order valence-corrected chi connectivity index (χ2v) is 10.9. The van der Waals surface area contributed by atoms with E-state index >= 15 is 4.39 Å². The Morgan fingerprint density at radius 1 is 0.972 bits per heavy atom. The van der Waals surface area contributed by atoms with Crippen LogP contribution in [0.5, 0.6) is 0 Å². The van der Waals surface area contributed by atoms with Gasteiger partial charge in [-0.2, -0.15) is 0 Å². The predicted molar refractivity (Wildman–Crippen MR) is 130 cm³/mol. The van der Waals surface area contributed by atoms with Crippen molar-refractivity contribution in [3.63, 3.8) is 0 Å². The highest BCUT2D eigenvalue weighted by Crippen LogP contribution is 2.44. The first-order valence-electron chi connectivity index (χ1n) is 13.0. The first-order chi connectivity index (χ1) is 17.4. The molecule has 188 valence electrons. The fourth-order valence-electron chi connectivity index (χ4n) is 7.06. The summed E-state index contributed by atoms with van der Waals surface area (Å²) in [6.07, 6.45) is 3.90. The van der Waals surface area contributed by atoms with Crippen molar-refractivity contribution in [2.45, 2.75) is 68.9 Å². The number of carbonyl (C=O) groups is 3. The molecule has 3 amide bonds. The van der Waals surface area contributed by atoms with Gasteiger partial charge in [0.15, 0.2) is 0 Å². The zero-order valence-corrected chi connectivity index (χ0v) is 20.2.